The molecule has 0 aromatic carbocycles. The summed E-state index contributed by atoms with van der Waals surface area (Å²) in [6, 6.07) is 9.81. The van der Waals surface area contributed by atoms with Crippen molar-refractivity contribution in [3.05, 3.63) is 59.2 Å². The molecule has 0 atom stereocenters. The Morgan fingerprint density at radius 1 is 1.21 bits per heavy atom. The van der Waals surface area contributed by atoms with E-state index in [9.17, 15) is 0 Å². The average molecular weight is 252 g/mol. The third-order valence-corrected chi connectivity index (χ3v) is 2.93. The molecule has 2 aromatic heterocycles. The molecule has 0 amide bonds. The van der Waals surface area contributed by atoms with Crippen molar-refractivity contribution in [2.75, 3.05) is 0 Å². The van der Waals surface area contributed by atoms with Gasteiger partial charge in [0.05, 0.1) is 5.69 Å². The zero-order chi connectivity index (χ0) is 13.5. The molecule has 0 saturated heterocycles. The van der Waals surface area contributed by atoms with Crippen LogP contribution in [0, 0.1) is 11.3 Å². The second-order valence-electron chi connectivity index (χ2n) is 4.23. The van der Waals surface area contributed by atoms with Gasteiger partial charge in [-0.25, -0.2) is 4.98 Å². The minimum Gasteiger partial charge on any atom is -0.307 e. The highest BCUT2D eigenvalue weighted by Gasteiger charge is 2.01. The van der Waals surface area contributed by atoms with Crippen molar-refractivity contribution in [1.82, 2.24) is 15.3 Å². The molecule has 2 rings (SSSR count). The molecule has 0 saturated carbocycles. The van der Waals surface area contributed by atoms with Crippen molar-refractivity contribution in [2.24, 2.45) is 0 Å². The summed E-state index contributed by atoms with van der Waals surface area (Å²) in [5.74, 6) is 0. The van der Waals surface area contributed by atoms with Crippen molar-refractivity contribution >= 4 is 0 Å². The fraction of sp³-hybridized carbons (Fsp3) is 0.267. The minimum absolute atomic E-state index is 0.450. The number of nitrogens with one attached hydrogen (secondary N) is 1. The van der Waals surface area contributed by atoms with E-state index in [1.807, 2.05) is 24.4 Å². The highest BCUT2D eigenvalue weighted by Crippen LogP contribution is 2.06. The lowest BCUT2D eigenvalue weighted by Crippen LogP contribution is -2.15. The zero-order valence-electron chi connectivity index (χ0n) is 10.9. The summed E-state index contributed by atoms with van der Waals surface area (Å²) in [5.41, 5.74) is 3.86. The molecule has 2 aromatic rings. The Hall–Kier alpha value is -2.25. The lowest BCUT2D eigenvalue weighted by atomic mass is 10.1. The molecule has 96 valence electrons. The Balaban J connectivity index is 1.94. The Morgan fingerprint density at radius 2 is 2.11 bits per heavy atom. The van der Waals surface area contributed by atoms with E-state index >= 15 is 0 Å². The molecule has 4 nitrogen and oxygen atoms in total. The molecule has 0 radical (unpaired) electrons. The van der Waals surface area contributed by atoms with Crippen LogP contribution < -0.4 is 5.32 Å². The van der Waals surface area contributed by atoms with Gasteiger partial charge in [-0.05, 0) is 35.7 Å². The third-order valence-electron chi connectivity index (χ3n) is 2.93. The monoisotopic (exact) mass is 252 g/mol. The standard InChI is InChI=1S/C15H16N4/c1-2-13-4-3-6-19-15(13)11-17-10-12-5-7-18-14(8-12)9-16/h3-8,17H,2,10-11H2,1H3. The van der Waals surface area contributed by atoms with Crippen LogP contribution in [0.4, 0.5) is 0 Å². The molecule has 19 heavy (non-hydrogen) atoms. The SMILES string of the molecule is CCc1cccnc1CNCc1ccnc(C#N)c1. The summed E-state index contributed by atoms with van der Waals surface area (Å²) < 4.78 is 0. The maximum absolute atomic E-state index is 8.79. The van der Waals surface area contributed by atoms with Gasteiger partial charge in [-0.1, -0.05) is 13.0 Å². The number of aryl methyl sites for hydroxylation is 1. The van der Waals surface area contributed by atoms with Gasteiger partial charge in [0, 0.05) is 25.5 Å². The molecule has 0 aliphatic rings. The molecule has 0 bridgehead atoms. The van der Waals surface area contributed by atoms with Crippen molar-refractivity contribution in [3.8, 4) is 6.07 Å². The summed E-state index contributed by atoms with van der Waals surface area (Å²) in [4.78, 5) is 8.34. The molecular weight excluding hydrogens is 236 g/mol. The van der Waals surface area contributed by atoms with Crippen LogP contribution in [0.1, 0.15) is 29.4 Å². The predicted octanol–water partition coefficient (Wildman–Crippen LogP) is 2.20. The molecule has 0 aliphatic heterocycles. The summed E-state index contributed by atoms with van der Waals surface area (Å²) >= 11 is 0. The summed E-state index contributed by atoms with van der Waals surface area (Å²) in [6.07, 6.45) is 4.46. The fourth-order valence-electron chi connectivity index (χ4n) is 1.92. The molecule has 1 N–H and O–H groups in total. The van der Waals surface area contributed by atoms with E-state index in [1.54, 1.807) is 12.3 Å². The molecule has 0 aliphatic carbocycles. The van der Waals surface area contributed by atoms with Crippen LogP contribution in [-0.2, 0) is 19.5 Å². The summed E-state index contributed by atoms with van der Waals surface area (Å²) in [6.45, 7) is 3.56. The first-order chi connectivity index (χ1) is 9.33. The number of rotatable bonds is 5. The van der Waals surface area contributed by atoms with Gasteiger partial charge >= 0.3 is 0 Å². The fourth-order valence-corrected chi connectivity index (χ4v) is 1.92. The van der Waals surface area contributed by atoms with Crippen molar-refractivity contribution < 1.29 is 0 Å². The Morgan fingerprint density at radius 3 is 2.89 bits per heavy atom. The van der Waals surface area contributed by atoms with Gasteiger partial charge < -0.3 is 5.32 Å². The second-order valence-corrected chi connectivity index (χ2v) is 4.23. The smallest absolute Gasteiger partial charge is 0.140 e. The van der Waals surface area contributed by atoms with E-state index in [0.717, 1.165) is 24.2 Å². The maximum atomic E-state index is 8.79. The topological polar surface area (TPSA) is 61.6 Å². The molecule has 4 heteroatoms. The van der Waals surface area contributed by atoms with E-state index < -0.39 is 0 Å². The van der Waals surface area contributed by atoms with Gasteiger partial charge in [-0.15, -0.1) is 0 Å². The van der Waals surface area contributed by atoms with E-state index in [-0.39, 0.29) is 0 Å². The van der Waals surface area contributed by atoms with Gasteiger partial charge in [0.15, 0.2) is 0 Å². The Bertz CT molecular complexity index is 587. The van der Waals surface area contributed by atoms with E-state index in [0.29, 0.717) is 12.2 Å². The van der Waals surface area contributed by atoms with Crippen LogP contribution in [-0.4, -0.2) is 9.97 Å². The minimum atomic E-state index is 0.450. The first kappa shape index (κ1) is 13.2. The summed E-state index contributed by atoms with van der Waals surface area (Å²) in [7, 11) is 0. The van der Waals surface area contributed by atoms with Crippen molar-refractivity contribution in [2.45, 2.75) is 26.4 Å². The molecule has 0 fully saturated rings. The average Bonchev–Trinajstić information content (AvgIpc) is 2.48. The number of hydrogen-bond acceptors (Lipinski definition) is 4. The van der Waals surface area contributed by atoms with Gasteiger partial charge in [-0.2, -0.15) is 5.26 Å². The Labute approximate surface area is 113 Å². The van der Waals surface area contributed by atoms with Crippen LogP contribution in [0.15, 0.2) is 36.7 Å². The lowest BCUT2D eigenvalue weighted by Gasteiger charge is -2.08. The zero-order valence-corrected chi connectivity index (χ0v) is 10.9. The maximum Gasteiger partial charge on any atom is 0.140 e. The molecule has 0 unspecified atom stereocenters. The molecular formula is C15H16N4. The highest BCUT2D eigenvalue weighted by molar-refractivity contribution is 5.25. The normalized spacial score (nSPS) is 10.1. The van der Waals surface area contributed by atoms with Crippen LogP contribution in [0.5, 0.6) is 0 Å². The van der Waals surface area contributed by atoms with Crippen LogP contribution in [0.2, 0.25) is 0 Å². The van der Waals surface area contributed by atoms with Crippen LogP contribution in [0.25, 0.3) is 0 Å². The largest absolute Gasteiger partial charge is 0.307 e. The van der Waals surface area contributed by atoms with Crippen LogP contribution >= 0.6 is 0 Å². The van der Waals surface area contributed by atoms with Crippen LogP contribution in [0.3, 0.4) is 0 Å². The van der Waals surface area contributed by atoms with E-state index in [2.05, 4.69) is 28.3 Å². The van der Waals surface area contributed by atoms with Gasteiger partial charge in [0.25, 0.3) is 0 Å². The number of pyridine rings is 2. The Kier molecular flexibility index (Phi) is 4.60. The lowest BCUT2D eigenvalue weighted by molar-refractivity contribution is 0.672. The van der Waals surface area contributed by atoms with Crippen molar-refractivity contribution in [1.29, 1.82) is 5.26 Å². The van der Waals surface area contributed by atoms with E-state index in [4.69, 9.17) is 5.26 Å². The number of nitriles is 1. The number of nitrogens with zero attached hydrogens (tertiary/aromatic N) is 3. The highest BCUT2D eigenvalue weighted by atomic mass is 14.9. The number of aromatic nitrogens is 2. The quantitative estimate of drug-likeness (QED) is 0.886. The molecule has 2 heterocycles. The van der Waals surface area contributed by atoms with Gasteiger partial charge in [0.2, 0.25) is 0 Å². The first-order valence-electron chi connectivity index (χ1n) is 6.32. The first-order valence-corrected chi connectivity index (χ1v) is 6.32. The number of hydrogen-bond donors (Lipinski definition) is 1. The molecule has 0 spiro atoms. The van der Waals surface area contributed by atoms with Gasteiger partial charge in [0.1, 0.15) is 11.8 Å². The van der Waals surface area contributed by atoms with Gasteiger partial charge in [-0.3, -0.25) is 4.98 Å². The predicted molar refractivity (Wildman–Crippen MR) is 73.1 cm³/mol. The summed E-state index contributed by atoms with van der Waals surface area (Å²) in [5, 5.41) is 12.1. The third kappa shape index (κ3) is 3.60. The second kappa shape index (κ2) is 6.62. The van der Waals surface area contributed by atoms with E-state index in [1.165, 1.54) is 5.56 Å². The van der Waals surface area contributed by atoms with Crippen molar-refractivity contribution in [3.63, 3.8) is 0 Å².